The minimum absolute atomic E-state index is 0.197. The predicted octanol–water partition coefficient (Wildman–Crippen LogP) is 3.53. The van der Waals surface area contributed by atoms with Crippen LogP contribution in [0.2, 0.25) is 5.02 Å². The summed E-state index contributed by atoms with van der Waals surface area (Å²) in [6.45, 7) is 3.80. The van der Waals surface area contributed by atoms with E-state index >= 15 is 0 Å². The van der Waals surface area contributed by atoms with Gasteiger partial charge in [0, 0.05) is 13.1 Å². The number of thioether (sulfide) groups is 1. The molecule has 1 aliphatic heterocycles. The Bertz CT molecular complexity index is 702. The fourth-order valence-corrected chi connectivity index (χ4v) is 3.45. The van der Waals surface area contributed by atoms with Gasteiger partial charge in [0.1, 0.15) is 0 Å². The Kier molecular flexibility index (Phi) is 4.55. The normalized spacial score (nSPS) is 15.8. The van der Waals surface area contributed by atoms with E-state index in [1.165, 1.54) is 11.8 Å². The first-order valence-corrected chi connectivity index (χ1v) is 8.48. The van der Waals surface area contributed by atoms with Crippen molar-refractivity contribution in [2.24, 2.45) is 0 Å². The van der Waals surface area contributed by atoms with Crippen LogP contribution in [0.15, 0.2) is 29.4 Å². The van der Waals surface area contributed by atoms with Crippen LogP contribution in [0, 0.1) is 11.3 Å². The van der Waals surface area contributed by atoms with Crippen molar-refractivity contribution in [3.63, 3.8) is 0 Å². The summed E-state index contributed by atoms with van der Waals surface area (Å²) in [6, 6.07) is 9.87. The molecule has 114 valence electrons. The van der Waals surface area contributed by atoms with E-state index in [1.54, 1.807) is 0 Å². The van der Waals surface area contributed by atoms with Crippen LogP contribution in [0.4, 0.5) is 5.95 Å². The van der Waals surface area contributed by atoms with Crippen molar-refractivity contribution >= 4 is 29.3 Å². The summed E-state index contributed by atoms with van der Waals surface area (Å²) in [4.78, 5) is 2.22. The van der Waals surface area contributed by atoms with Gasteiger partial charge >= 0.3 is 0 Å². The largest absolute Gasteiger partial charge is 0.341 e. The molecule has 1 saturated heterocycles. The Labute approximate surface area is 138 Å². The van der Waals surface area contributed by atoms with Crippen molar-refractivity contribution in [1.82, 2.24) is 14.8 Å². The van der Waals surface area contributed by atoms with Crippen LogP contribution in [0.25, 0.3) is 5.69 Å². The highest BCUT2D eigenvalue weighted by molar-refractivity contribution is 8.00. The van der Waals surface area contributed by atoms with Gasteiger partial charge in [0.05, 0.1) is 22.0 Å². The lowest BCUT2D eigenvalue weighted by Crippen LogP contribution is -2.22. The highest BCUT2D eigenvalue weighted by Crippen LogP contribution is 2.33. The van der Waals surface area contributed by atoms with Gasteiger partial charge in [-0.25, -0.2) is 0 Å². The molecule has 0 bridgehead atoms. The standard InChI is InChI=1S/C15H16ClN5S/c1-11(10-17)22-15-19-18-14(20-8-4-5-9-20)21(15)13-7-3-2-6-12(13)16/h2-3,6-7,11H,4-5,8-9H2,1H3. The number of hydrogen-bond donors (Lipinski definition) is 0. The molecule has 1 fully saturated rings. The zero-order valence-corrected chi connectivity index (χ0v) is 13.8. The molecule has 1 aliphatic rings. The summed E-state index contributed by atoms with van der Waals surface area (Å²) in [5.41, 5.74) is 0.851. The molecule has 0 saturated carbocycles. The van der Waals surface area contributed by atoms with Gasteiger partial charge in [-0.05, 0) is 31.9 Å². The number of anilines is 1. The smallest absolute Gasteiger partial charge is 0.232 e. The van der Waals surface area contributed by atoms with Gasteiger partial charge < -0.3 is 4.90 Å². The first kappa shape index (κ1) is 15.2. The SMILES string of the molecule is CC(C#N)Sc1nnc(N2CCCC2)n1-c1ccccc1Cl. The zero-order chi connectivity index (χ0) is 15.5. The van der Waals surface area contributed by atoms with Gasteiger partial charge in [-0.15, -0.1) is 10.2 Å². The summed E-state index contributed by atoms with van der Waals surface area (Å²) < 4.78 is 1.96. The number of nitrogens with zero attached hydrogens (tertiary/aromatic N) is 5. The highest BCUT2D eigenvalue weighted by Gasteiger charge is 2.24. The summed E-state index contributed by atoms with van der Waals surface area (Å²) in [6.07, 6.45) is 2.32. The zero-order valence-electron chi connectivity index (χ0n) is 12.2. The molecule has 2 aromatic rings. The number of hydrogen-bond acceptors (Lipinski definition) is 5. The van der Waals surface area contributed by atoms with Crippen LogP contribution >= 0.6 is 23.4 Å². The molecule has 0 amide bonds. The molecule has 1 atom stereocenters. The van der Waals surface area contributed by atoms with E-state index in [0.29, 0.717) is 10.2 Å². The van der Waals surface area contributed by atoms with Gasteiger partial charge in [0.2, 0.25) is 5.95 Å². The second-order valence-corrected chi connectivity index (χ2v) is 6.87. The number of nitriles is 1. The Morgan fingerprint density at radius 1 is 1.27 bits per heavy atom. The predicted molar refractivity (Wildman–Crippen MR) is 88.7 cm³/mol. The summed E-state index contributed by atoms with van der Waals surface area (Å²) in [5.74, 6) is 0.804. The van der Waals surface area contributed by atoms with Crippen LogP contribution in [0.3, 0.4) is 0 Å². The maximum absolute atomic E-state index is 9.07. The first-order chi connectivity index (χ1) is 10.7. The van der Waals surface area contributed by atoms with Crippen molar-refractivity contribution < 1.29 is 0 Å². The number of halogens is 1. The summed E-state index contributed by atoms with van der Waals surface area (Å²) >= 11 is 7.76. The molecule has 5 nitrogen and oxygen atoms in total. The van der Waals surface area contributed by atoms with E-state index in [2.05, 4.69) is 21.2 Å². The van der Waals surface area contributed by atoms with Gasteiger partial charge in [0.25, 0.3) is 0 Å². The van der Waals surface area contributed by atoms with E-state index < -0.39 is 0 Å². The van der Waals surface area contributed by atoms with Crippen molar-refractivity contribution in [2.45, 2.75) is 30.2 Å². The monoisotopic (exact) mass is 333 g/mol. The topological polar surface area (TPSA) is 57.7 Å². The molecule has 1 aromatic carbocycles. The molecule has 1 unspecified atom stereocenters. The second-order valence-electron chi connectivity index (χ2n) is 5.15. The lowest BCUT2D eigenvalue weighted by atomic mass is 10.3. The third kappa shape index (κ3) is 2.92. The lowest BCUT2D eigenvalue weighted by Gasteiger charge is -2.19. The van der Waals surface area contributed by atoms with Crippen LogP contribution in [-0.4, -0.2) is 33.1 Å². The Morgan fingerprint density at radius 3 is 2.68 bits per heavy atom. The fourth-order valence-electron chi connectivity index (χ4n) is 2.49. The van der Waals surface area contributed by atoms with Gasteiger partial charge in [-0.1, -0.05) is 35.5 Å². The lowest BCUT2D eigenvalue weighted by molar-refractivity contribution is 0.840. The van der Waals surface area contributed by atoms with E-state index in [0.717, 1.165) is 37.6 Å². The number of benzene rings is 1. The third-order valence-electron chi connectivity index (χ3n) is 3.56. The molecule has 0 spiro atoms. The quantitative estimate of drug-likeness (QED) is 0.801. The van der Waals surface area contributed by atoms with E-state index in [1.807, 2.05) is 35.8 Å². The number of rotatable bonds is 4. The van der Waals surface area contributed by atoms with Crippen LogP contribution in [0.5, 0.6) is 0 Å². The van der Waals surface area contributed by atoms with Crippen molar-refractivity contribution in [3.8, 4) is 11.8 Å². The van der Waals surface area contributed by atoms with Crippen molar-refractivity contribution in [2.75, 3.05) is 18.0 Å². The summed E-state index contributed by atoms with van der Waals surface area (Å²) in [5, 5.41) is 18.9. The molecule has 0 N–H and O–H groups in total. The minimum Gasteiger partial charge on any atom is -0.341 e. The van der Waals surface area contributed by atoms with Crippen molar-refractivity contribution in [3.05, 3.63) is 29.3 Å². The van der Waals surface area contributed by atoms with Gasteiger partial charge in [-0.3, -0.25) is 4.57 Å². The molecule has 0 radical (unpaired) electrons. The third-order valence-corrected chi connectivity index (χ3v) is 4.82. The maximum Gasteiger partial charge on any atom is 0.232 e. The molecule has 2 heterocycles. The first-order valence-electron chi connectivity index (χ1n) is 7.22. The second kappa shape index (κ2) is 6.59. The van der Waals surface area contributed by atoms with Crippen LogP contribution in [0.1, 0.15) is 19.8 Å². The average molecular weight is 334 g/mol. The fraction of sp³-hybridized carbons (Fsp3) is 0.400. The Hall–Kier alpha value is -1.71. The molecule has 0 aliphatic carbocycles. The highest BCUT2D eigenvalue weighted by atomic mass is 35.5. The number of aromatic nitrogens is 3. The molecular formula is C15H16ClN5S. The average Bonchev–Trinajstić information content (AvgIpc) is 3.17. The molecule has 1 aromatic heterocycles. The van der Waals surface area contributed by atoms with E-state index in [-0.39, 0.29) is 5.25 Å². The molecule has 3 rings (SSSR count). The van der Waals surface area contributed by atoms with Crippen LogP contribution < -0.4 is 4.90 Å². The molecule has 7 heteroatoms. The van der Waals surface area contributed by atoms with E-state index in [4.69, 9.17) is 16.9 Å². The van der Waals surface area contributed by atoms with Crippen molar-refractivity contribution in [1.29, 1.82) is 5.26 Å². The Balaban J connectivity index is 2.08. The molecular weight excluding hydrogens is 318 g/mol. The Morgan fingerprint density at radius 2 is 2.00 bits per heavy atom. The van der Waals surface area contributed by atoms with Gasteiger partial charge in [-0.2, -0.15) is 5.26 Å². The molecule has 22 heavy (non-hydrogen) atoms. The van der Waals surface area contributed by atoms with E-state index in [9.17, 15) is 0 Å². The minimum atomic E-state index is -0.197. The van der Waals surface area contributed by atoms with Gasteiger partial charge in [0.15, 0.2) is 5.16 Å². The van der Waals surface area contributed by atoms with Crippen LogP contribution in [-0.2, 0) is 0 Å². The number of para-hydroxylation sites is 1. The summed E-state index contributed by atoms with van der Waals surface area (Å²) in [7, 11) is 0. The maximum atomic E-state index is 9.07.